The lowest BCUT2D eigenvalue weighted by Crippen LogP contribution is -2.39. The summed E-state index contributed by atoms with van der Waals surface area (Å²) in [5, 5.41) is 12.7. The van der Waals surface area contributed by atoms with Crippen molar-refractivity contribution in [3.8, 4) is 0 Å². The van der Waals surface area contributed by atoms with Crippen molar-refractivity contribution in [3.63, 3.8) is 0 Å². The quantitative estimate of drug-likeness (QED) is 0.583. The largest absolute Gasteiger partial charge is 0.493 e. The van der Waals surface area contributed by atoms with Crippen LogP contribution >= 0.6 is 0 Å². The molecule has 0 saturated heterocycles. The molecule has 29 heavy (non-hydrogen) atoms. The number of hydrogen-bond acceptors (Lipinski definition) is 4. The third-order valence-corrected chi connectivity index (χ3v) is 3.58. The highest BCUT2D eigenvalue weighted by Gasteiger charge is 2.33. The second kappa shape index (κ2) is 10.8. The van der Waals surface area contributed by atoms with Gasteiger partial charge in [-0.2, -0.15) is 13.2 Å². The first-order valence-electron chi connectivity index (χ1n) is 8.27. The Labute approximate surface area is 165 Å². The van der Waals surface area contributed by atoms with Crippen LogP contribution in [0.25, 0.3) is 0 Å². The number of ether oxygens (including phenoxy) is 1. The zero-order chi connectivity index (χ0) is 22.0. The van der Waals surface area contributed by atoms with E-state index in [9.17, 15) is 22.8 Å². The molecule has 0 aliphatic rings. The molecule has 0 radical (unpaired) electrons. The summed E-state index contributed by atoms with van der Waals surface area (Å²) in [7, 11) is 2.62. The lowest BCUT2D eigenvalue weighted by atomic mass is 10.2. The highest BCUT2D eigenvalue weighted by molar-refractivity contribution is 6.05. The van der Waals surface area contributed by atoms with Gasteiger partial charge in [-0.3, -0.25) is 9.59 Å². The Morgan fingerprint density at radius 2 is 1.86 bits per heavy atom. The fourth-order valence-electron chi connectivity index (χ4n) is 1.93. The Hall–Kier alpha value is -3.43. The van der Waals surface area contributed by atoms with Crippen molar-refractivity contribution in [2.75, 3.05) is 19.1 Å². The van der Waals surface area contributed by atoms with Crippen molar-refractivity contribution >= 4 is 17.6 Å². The number of nitrogens with zero attached hydrogens (tertiary/aromatic N) is 3. The smallest absolute Gasteiger partial charge is 0.448 e. The maximum absolute atomic E-state index is 12.3. The van der Waals surface area contributed by atoms with E-state index >= 15 is 0 Å². The Bertz CT molecular complexity index is 825. The highest BCUT2D eigenvalue weighted by atomic mass is 19.4. The fourth-order valence-corrected chi connectivity index (χ4v) is 1.93. The summed E-state index contributed by atoms with van der Waals surface area (Å²) in [4.78, 5) is 24.3. The number of aromatic nitrogens is 2. The van der Waals surface area contributed by atoms with Crippen molar-refractivity contribution < 1.29 is 37.3 Å². The number of benzene rings is 1. The maximum Gasteiger partial charge on any atom is 0.448 e. The van der Waals surface area contributed by atoms with Crippen LogP contribution in [0.4, 0.5) is 18.9 Å². The lowest BCUT2D eigenvalue weighted by molar-refractivity contribution is -0.753. The minimum absolute atomic E-state index is 0.00508. The number of carboxylic acids is 1. The van der Waals surface area contributed by atoms with Gasteiger partial charge in [-0.15, -0.1) is 0 Å². The van der Waals surface area contributed by atoms with Crippen molar-refractivity contribution in [1.82, 2.24) is 5.10 Å². The van der Waals surface area contributed by atoms with E-state index in [1.165, 1.54) is 10.9 Å². The second-order valence-electron chi connectivity index (χ2n) is 5.65. The van der Waals surface area contributed by atoms with Gasteiger partial charge in [0.15, 0.2) is 18.5 Å². The zero-order valence-electron chi connectivity index (χ0n) is 15.9. The molecular formula is C19H21F3N3O4+. The summed E-state index contributed by atoms with van der Waals surface area (Å²) in [6.45, 7) is 2.87. The van der Waals surface area contributed by atoms with Crippen LogP contribution in [0.5, 0.6) is 0 Å². The first-order chi connectivity index (χ1) is 13.6. The van der Waals surface area contributed by atoms with E-state index in [0.717, 1.165) is 12.8 Å². The van der Waals surface area contributed by atoms with E-state index in [2.05, 4.69) is 16.4 Å². The van der Waals surface area contributed by atoms with E-state index in [1.54, 1.807) is 24.2 Å². The van der Waals surface area contributed by atoms with Gasteiger partial charge in [0, 0.05) is 18.8 Å². The minimum atomic E-state index is -4.41. The summed E-state index contributed by atoms with van der Waals surface area (Å²) >= 11 is 0. The van der Waals surface area contributed by atoms with E-state index in [0.29, 0.717) is 5.56 Å². The van der Waals surface area contributed by atoms with E-state index in [4.69, 9.17) is 5.11 Å². The number of hydrogen-bond donors (Lipinski definition) is 1. The third-order valence-electron chi connectivity index (χ3n) is 3.58. The summed E-state index contributed by atoms with van der Waals surface area (Å²) in [5.41, 5.74) is 1.25. The normalized spacial score (nSPS) is 10.4. The Balaban J connectivity index is 0.000000447. The molecule has 1 aromatic carbocycles. The molecule has 2 aromatic rings. The van der Waals surface area contributed by atoms with Crippen molar-refractivity contribution in [1.29, 1.82) is 0 Å². The van der Waals surface area contributed by atoms with Gasteiger partial charge in [0.25, 0.3) is 5.91 Å². The summed E-state index contributed by atoms with van der Waals surface area (Å²) in [6.07, 6.45) is -1.36. The van der Waals surface area contributed by atoms with Crippen LogP contribution in [-0.2, 0) is 16.1 Å². The predicted octanol–water partition coefficient (Wildman–Crippen LogP) is 2.83. The lowest BCUT2D eigenvalue weighted by Gasteiger charge is -2.16. The number of amides is 1. The molecule has 0 aliphatic heterocycles. The van der Waals surface area contributed by atoms with Gasteiger partial charge in [-0.1, -0.05) is 29.5 Å². The second-order valence-corrected chi connectivity index (χ2v) is 5.65. The third kappa shape index (κ3) is 7.99. The fraction of sp³-hybridized carbons (Fsp3) is 0.263. The van der Waals surface area contributed by atoms with Crippen LogP contribution in [0, 0.1) is 0 Å². The molecule has 1 N–H and O–H groups in total. The van der Waals surface area contributed by atoms with Gasteiger partial charge in [0.1, 0.15) is 12.6 Å². The van der Waals surface area contributed by atoms with Crippen LogP contribution in [0.1, 0.15) is 16.8 Å². The van der Waals surface area contributed by atoms with Gasteiger partial charge in [0.05, 0.1) is 12.7 Å². The molecule has 0 unspecified atom stereocenters. The van der Waals surface area contributed by atoms with Gasteiger partial charge in [0.2, 0.25) is 0 Å². The Morgan fingerprint density at radius 1 is 1.24 bits per heavy atom. The van der Waals surface area contributed by atoms with Crippen molar-refractivity contribution in [2.24, 2.45) is 0 Å². The number of methoxy groups -OCH3 is 1. The number of carbonyl (C=O) groups excluding carboxylic acids is 1. The molecule has 2 rings (SSSR count). The molecule has 0 saturated carbocycles. The number of aliphatic carboxylic acids is 1. The molecule has 156 valence electrons. The SMILES string of the molecule is C=C(OC)C(F)(F)F.CN(C(=O)c1cc[n+](CCC(=O)O)nc1)c1ccccc1. The molecule has 0 spiro atoms. The predicted molar refractivity (Wildman–Crippen MR) is 98.1 cm³/mol. The van der Waals surface area contributed by atoms with Gasteiger partial charge in [-0.25, -0.2) is 0 Å². The molecule has 0 aliphatic carbocycles. The number of carbonyl (C=O) groups is 2. The molecule has 1 amide bonds. The number of alkyl halides is 3. The molecule has 1 aromatic heterocycles. The van der Waals surface area contributed by atoms with Crippen molar-refractivity contribution in [3.05, 3.63) is 66.7 Å². The van der Waals surface area contributed by atoms with Crippen molar-refractivity contribution in [2.45, 2.75) is 19.1 Å². The number of para-hydroxylation sites is 1. The van der Waals surface area contributed by atoms with Gasteiger partial charge in [-0.05, 0) is 17.2 Å². The van der Waals surface area contributed by atoms with Gasteiger partial charge < -0.3 is 14.7 Å². The topological polar surface area (TPSA) is 83.6 Å². The molecule has 0 fully saturated rings. The van der Waals surface area contributed by atoms with Crippen LogP contribution in [0.3, 0.4) is 0 Å². The molecule has 0 atom stereocenters. The van der Waals surface area contributed by atoms with Crippen LogP contribution in [0.15, 0.2) is 61.1 Å². The maximum atomic E-state index is 12.3. The standard InChI is InChI=1S/C15H15N3O3.C4H5F3O/c1-17(13-5-3-2-4-6-13)15(21)12-7-9-18(16-11-12)10-8-14(19)20;1-3(8-2)4(5,6)7/h2-7,9,11H,8,10H2,1H3;1H2,2H3/p+1. The molecule has 0 bridgehead atoms. The van der Waals surface area contributed by atoms with Crippen LogP contribution in [-0.4, -0.2) is 42.4 Å². The average Bonchev–Trinajstić information content (AvgIpc) is 2.71. The summed E-state index contributed by atoms with van der Waals surface area (Å²) in [6, 6.07) is 10.9. The van der Waals surface area contributed by atoms with E-state index < -0.39 is 17.9 Å². The Kier molecular flexibility index (Phi) is 8.78. The van der Waals surface area contributed by atoms with Gasteiger partial charge >= 0.3 is 12.1 Å². The number of rotatable bonds is 6. The minimum Gasteiger partial charge on any atom is -0.493 e. The highest BCUT2D eigenvalue weighted by Crippen LogP contribution is 2.23. The van der Waals surface area contributed by atoms with Crippen LogP contribution in [0.2, 0.25) is 0 Å². The average molecular weight is 412 g/mol. The number of allylic oxidation sites excluding steroid dienone is 1. The zero-order valence-corrected chi connectivity index (χ0v) is 15.9. The first-order valence-corrected chi connectivity index (χ1v) is 8.27. The number of carboxylic acid groups (broad SMARTS) is 1. The number of anilines is 1. The first kappa shape index (κ1) is 23.6. The summed E-state index contributed by atoms with van der Waals surface area (Å²) in [5.74, 6) is -2.22. The number of halogens is 3. The number of aryl methyl sites for hydroxylation is 1. The van der Waals surface area contributed by atoms with Crippen LogP contribution < -0.4 is 9.58 Å². The Morgan fingerprint density at radius 3 is 2.28 bits per heavy atom. The van der Waals surface area contributed by atoms with E-state index in [-0.39, 0.29) is 18.9 Å². The molecule has 7 nitrogen and oxygen atoms in total. The molecule has 10 heteroatoms. The monoisotopic (exact) mass is 412 g/mol. The molecule has 1 heterocycles. The molecular weight excluding hydrogens is 391 g/mol. The van der Waals surface area contributed by atoms with E-state index in [1.807, 2.05) is 30.3 Å². The summed E-state index contributed by atoms with van der Waals surface area (Å²) < 4.78 is 39.0.